The second kappa shape index (κ2) is 9.35. The van der Waals surface area contributed by atoms with E-state index in [0.717, 1.165) is 32.1 Å². The van der Waals surface area contributed by atoms with Crippen LogP contribution in [-0.4, -0.2) is 55.2 Å². The highest BCUT2D eigenvalue weighted by Gasteiger charge is 2.31. The molecule has 0 radical (unpaired) electrons. The van der Waals surface area contributed by atoms with Crippen molar-refractivity contribution >= 4 is 23.4 Å². The van der Waals surface area contributed by atoms with Crippen molar-refractivity contribution < 1.29 is 19.1 Å². The van der Waals surface area contributed by atoms with Gasteiger partial charge in [-0.2, -0.15) is 0 Å². The molecule has 4 rings (SSSR count). The number of nitrogens with zero attached hydrogens (tertiary/aromatic N) is 1. The van der Waals surface area contributed by atoms with Crippen molar-refractivity contribution in [3.8, 4) is 5.75 Å². The Morgan fingerprint density at radius 2 is 1.86 bits per heavy atom. The maximum Gasteiger partial charge on any atom is 0.251 e. The first-order valence-electron chi connectivity index (χ1n) is 10.7. The molecule has 0 spiro atoms. The molecule has 1 atom stereocenters. The average Bonchev–Trinajstić information content (AvgIpc) is 3.44. The number of ether oxygens (including phenoxy) is 2. The SMILES string of the molecule is O=C(NC1CCCC1)c1ccc(OC2CCN(C(=O)[C@H]3CCOC3)CC2)c(Cl)c1. The number of hydrogen-bond donors (Lipinski definition) is 1. The van der Waals surface area contributed by atoms with E-state index in [9.17, 15) is 9.59 Å². The lowest BCUT2D eigenvalue weighted by atomic mass is 10.0. The van der Waals surface area contributed by atoms with Gasteiger partial charge in [0.05, 0.1) is 17.5 Å². The minimum atomic E-state index is -0.0759. The third-order valence-corrected chi connectivity index (χ3v) is 6.51. The van der Waals surface area contributed by atoms with Crippen LogP contribution in [0.15, 0.2) is 18.2 Å². The summed E-state index contributed by atoms with van der Waals surface area (Å²) in [4.78, 5) is 26.8. The van der Waals surface area contributed by atoms with Gasteiger partial charge in [0.25, 0.3) is 5.91 Å². The molecule has 1 saturated carbocycles. The molecule has 3 fully saturated rings. The van der Waals surface area contributed by atoms with Gasteiger partial charge in [-0.1, -0.05) is 24.4 Å². The number of halogens is 1. The van der Waals surface area contributed by atoms with Gasteiger partial charge in [-0.25, -0.2) is 0 Å². The minimum absolute atomic E-state index is 0.0184. The van der Waals surface area contributed by atoms with Crippen molar-refractivity contribution in [2.75, 3.05) is 26.3 Å². The van der Waals surface area contributed by atoms with E-state index in [1.54, 1.807) is 18.2 Å². The predicted octanol–water partition coefficient (Wildman–Crippen LogP) is 3.42. The Hall–Kier alpha value is -1.79. The highest BCUT2D eigenvalue weighted by atomic mass is 35.5. The summed E-state index contributed by atoms with van der Waals surface area (Å²) in [6.07, 6.45) is 6.86. The monoisotopic (exact) mass is 420 g/mol. The van der Waals surface area contributed by atoms with Gasteiger partial charge >= 0.3 is 0 Å². The number of amides is 2. The van der Waals surface area contributed by atoms with E-state index in [4.69, 9.17) is 21.1 Å². The van der Waals surface area contributed by atoms with Crippen molar-refractivity contribution in [1.29, 1.82) is 0 Å². The lowest BCUT2D eigenvalue weighted by molar-refractivity contribution is -0.137. The zero-order chi connectivity index (χ0) is 20.2. The molecule has 2 amide bonds. The quantitative estimate of drug-likeness (QED) is 0.792. The molecular formula is C22H29ClN2O4. The third-order valence-electron chi connectivity index (χ3n) is 6.21. The van der Waals surface area contributed by atoms with Crippen LogP contribution in [0.2, 0.25) is 5.02 Å². The van der Waals surface area contributed by atoms with Crippen molar-refractivity contribution in [3.05, 3.63) is 28.8 Å². The van der Waals surface area contributed by atoms with Crippen LogP contribution in [-0.2, 0) is 9.53 Å². The van der Waals surface area contributed by atoms with Crippen LogP contribution in [0.4, 0.5) is 0 Å². The standard InChI is InChI=1S/C22H29ClN2O4/c23-19-13-15(21(26)24-17-3-1-2-4-17)5-6-20(19)29-18-7-10-25(11-8-18)22(27)16-9-12-28-14-16/h5-6,13,16-18H,1-4,7-12,14H2,(H,24,26)/t16-/m0/s1. The number of carbonyl (C=O) groups excluding carboxylic acids is 2. The second-order valence-electron chi connectivity index (χ2n) is 8.30. The van der Waals surface area contributed by atoms with Crippen molar-refractivity contribution in [2.45, 2.75) is 57.1 Å². The fourth-order valence-electron chi connectivity index (χ4n) is 4.44. The van der Waals surface area contributed by atoms with E-state index in [0.29, 0.717) is 42.6 Å². The molecule has 29 heavy (non-hydrogen) atoms. The summed E-state index contributed by atoms with van der Waals surface area (Å²) in [6.45, 7) is 2.62. The summed E-state index contributed by atoms with van der Waals surface area (Å²) in [5, 5.41) is 3.53. The van der Waals surface area contributed by atoms with E-state index < -0.39 is 0 Å². The number of piperidine rings is 1. The number of nitrogens with one attached hydrogen (secondary N) is 1. The number of hydrogen-bond acceptors (Lipinski definition) is 4. The number of benzene rings is 1. The highest BCUT2D eigenvalue weighted by molar-refractivity contribution is 6.32. The summed E-state index contributed by atoms with van der Waals surface area (Å²) in [6, 6.07) is 5.50. The zero-order valence-corrected chi connectivity index (χ0v) is 17.5. The fraction of sp³-hybridized carbons (Fsp3) is 0.636. The van der Waals surface area contributed by atoms with Crippen molar-refractivity contribution in [1.82, 2.24) is 10.2 Å². The Morgan fingerprint density at radius 1 is 1.10 bits per heavy atom. The van der Waals surface area contributed by atoms with Crippen LogP contribution in [0.1, 0.15) is 55.3 Å². The van der Waals surface area contributed by atoms with Crippen molar-refractivity contribution in [2.24, 2.45) is 5.92 Å². The van der Waals surface area contributed by atoms with Crippen LogP contribution in [0, 0.1) is 5.92 Å². The Bertz CT molecular complexity index is 736. The van der Waals surface area contributed by atoms with E-state index in [1.165, 1.54) is 12.8 Å². The summed E-state index contributed by atoms with van der Waals surface area (Å²) >= 11 is 6.39. The van der Waals surface area contributed by atoms with Crippen LogP contribution in [0.5, 0.6) is 5.75 Å². The Morgan fingerprint density at radius 3 is 2.52 bits per heavy atom. The average molecular weight is 421 g/mol. The smallest absolute Gasteiger partial charge is 0.251 e. The molecule has 0 bridgehead atoms. The van der Waals surface area contributed by atoms with Gasteiger partial charge < -0.3 is 19.7 Å². The Labute approximate surface area is 176 Å². The van der Waals surface area contributed by atoms with E-state index >= 15 is 0 Å². The van der Waals surface area contributed by atoms with Gasteiger partial charge in [-0.3, -0.25) is 9.59 Å². The van der Waals surface area contributed by atoms with E-state index in [2.05, 4.69) is 5.32 Å². The maximum atomic E-state index is 12.5. The Kier molecular flexibility index (Phi) is 6.60. The first-order valence-corrected chi connectivity index (χ1v) is 11.1. The van der Waals surface area contributed by atoms with Gasteiger partial charge in [-0.15, -0.1) is 0 Å². The zero-order valence-electron chi connectivity index (χ0n) is 16.7. The molecular weight excluding hydrogens is 392 g/mol. The first-order chi connectivity index (χ1) is 14.1. The number of likely N-dealkylation sites (tertiary alicyclic amines) is 1. The number of carbonyl (C=O) groups is 2. The second-order valence-corrected chi connectivity index (χ2v) is 8.71. The molecule has 2 heterocycles. The van der Waals surface area contributed by atoms with Gasteiger partial charge in [0.2, 0.25) is 5.91 Å². The first kappa shape index (κ1) is 20.5. The molecule has 158 valence electrons. The minimum Gasteiger partial charge on any atom is -0.489 e. The van der Waals surface area contributed by atoms with Crippen LogP contribution in [0.25, 0.3) is 0 Å². The molecule has 1 aliphatic carbocycles. The highest BCUT2D eigenvalue weighted by Crippen LogP contribution is 2.29. The summed E-state index contributed by atoms with van der Waals surface area (Å²) in [5.74, 6) is 0.743. The van der Waals surface area contributed by atoms with Gasteiger partial charge in [-0.05, 0) is 37.5 Å². The lowest BCUT2D eigenvalue weighted by Crippen LogP contribution is -2.44. The van der Waals surface area contributed by atoms with Crippen molar-refractivity contribution in [3.63, 3.8) is 0 Å². The van der Waals surface area contributed by atoms with Crippen LogP contribution < -0.4 is 10.1 Å². The summed E-state index contributed by atoms with van der Waals surface area (Å²) < 4.78 is 11.4. The van der Waals surface area contributed by atoms with Gasteiger partial charge in [0.1, 0.15) is 11.9 Å². The topological polar surface area (TPSA) is 67.9 Å². The molecule has 0 unspecified atom stereocenters. The molecule has 1 aromatic carbocycles. The molecule has 2 aliphatic heterocycles. The normalized spacial score (nSPS) is 23.3. The molecule has 2 saturated heterocycles. The molecule has 7 heteroatoms. The number of rotatable bonds is 5. The molecule has 1 aromatic rings. The summed E-state index contributed by atoms with van der Waals surface area (Å²) in [7, 11) is 0. The molecule has 6 nitrogen and oxygen atoms in total. The van der Waals surface area contributed by atoms with E-state index in [1.807, 2.05) is 4.90 Å². The van der Waals surface area contributed by atoms with Gasteiger partial charge in [0.15, 0.2) is 0 Å². The molecule has 1 N–H and O–H groups in total. The van der Waals surface area contributed by atoms with Crippen LogP contribution in [0.3, 0.4) is 0 Å². The lowest BCUT2D eigenvalue weighted by Gasteiger charge is -2.33. The fourth-order valence-corrected chi connectivity index (χ4v) is 4.66. The van der Waals surface area contributed by atoms with E-state index in [-0.39, 0.29) is 29.9 Å². The molecule has 3 aliphatic rings. The largest absolute Gasteiger partial charge is 0.489 e. The summed E-state index contributed by atoms with van der Waals surface area (Å²) in [5.41, 5.74) is 0.563. The molecule has 0 aromatic heterocycles. The predicted molar refractivity (Wildman–Crippen MR) is 110 cm³/mol. The van der Waals surface area contributed by atoms with Gasteiger partial charge in [0, 0.05) is 44.1 Å². The van der Waals surface area contributed by atoms with Crippen LogP contribution >= 0.6 is 11.6 Å². The maximum absolute atomic E-state index is 12.5. The Balaban J connectivity index is 1.28. The third kappa shape index (κ3) is 5.04.